The van der Waals surface area contributed by atoms with Gasteiger partial charge in [-0.3, -0.25) is 14.2 Å². The van der Waals surface area contributed by atoms with E-state index in [1.165, 1.54) is 44.1 Å². The van der Waals surface area contributed by atoms with Gasteiger partial charge in [-0.2, -0.15) is 4.31 Å². The standard InChI is InChI=1S/C19H20N4O5S3/c1-22-18(25)15-6-11-29-17(15)21-19(22)30-12-16(24)20-13-2-4-14(5-3-13)31(26,27)23-7-9-28-10-8-23/h2-6,11H,7-10,12H2,1H3,(H,20,24). The van der Waals surface area contributed by atoms with Crippen LogP contribution in [-0.4, -0.2) is 60.2 Å². The first-order chi connectivity index (χ1) is 14.9. The van der Waals surface area contributed by atoms with Crippen LogP contribution in [0.5, 0.6) is 0 Å². The molecule has 0 saturated carbocycles. The summed E-state index contributed by atoms with van der Waals surface area (Å²) < 4.78 is 33.3. The molecule has 1 N–H and O–H groups in total. The summed E-state index contributed by atoms with van der Waals surface area (Å²) in [5.41, 5.74) is 0.341. The first-order valence-corrected chi connectivity index (χ1v) is 12.7. The van der Waals surface area contributed by atoms with Crippen molar-refractivity contribution in [1.82, 2.24) is 13.9 Å². The van der Waals surface area contributed by atoms with E-state index in [9.17, 15) is 18.0 Å². The fourth-order valence-electron chi connectivity index (χ4n) is 3.08. The molecule has 12 heteroatoms. The third kappa shape index (κ3) is 4.67. The van der Waals surface area contributed by atoms with E-state index in [-0.39, 0.29) is 22.1 Å². The predicted molar refractivity (Wildman–Crippen MR) is 120 cm³/mol. The topological polar surface area (TPSA) is 111 Å². The van der Waals surface area contributed by atoms with E-state index >= 15 is 0 Å². The number of morpholine rings is 1. The minimum Gasteiger partial charge on any atom is -0.379 e. The zero-order valence-corrected chi connectivity index (χ0v) is 19.1. The van der Waals surface area contributed by atoms with E-state index in [4.69, 9.17) is 4.74 Å². The molecule has 1 fully saturated rings. The van der Waals surface area contributed by atoms with Crippen LogP contribution in [0, 0.1) is 0 Å². The number of fused-ring (bicyclic) bond motifs is 1. The van der Waals surface area contributed by atoms with Crippen LogP contribution in [0.25, 0.3) is 10.2 Å². The molecule has 164 valence electrons. The van der Waals surface area contributed by atoms with Gasteiger partial charge in [-0.1, -0.05) is 11.8 Å². The van der Waals surface area contributed by atoms with Crippen molar-refractivity contribution in [2.24, 2.45) is 7.05 Å². The molecule has 0 unspecified atom stereocenters. The second-order valence-corrected chi connectivity index (χ2v) is 10.6. The van der Waals surface area contributed by atoms with Crippen LogP contribution in [0.15, 0.2) is 50.6 Å². The lowest BCUT2D eigenvalue weighted by molar-refractivity contribution is -0.113. The number of thioether (sulfide) groups is 1. The fraction of sp³-hybridized carbons (Fsp3) is 0.316. The number of nitrogens with one attached hydrogen (secondary N) is 1. The summed E-state index contributed by atoms with van der Waals surface area (Å²) >= 11 is 2.54. The number of amides is 1. The number of carbonyl (C=O) groups excluding carboxylic acids is 1. The van der Waals surface area contributed by atoms with Gasteiger partial charge in [0.15, 0.2) is 5.16 Å². The molecule has 0 spiro atoms. The molecule has 31 heavy (non-hydrogen) atoms. The van der Waals surface area contributed by atoms with Crippen LogP contribution < -0.4 is 10.9 Å². The van der Waals surface area contributed by atoms with Gasteiger partial charge in [0.25, 0.3) is 5.56 Å². The smallest absolute Gasteiger partial charge is 0.262 e. The number of hydrogen-bond acceptors (Lipinski definition) is 8. The summed E-state index contributed by atoms with van der Waals surface area (Å²) in [5, 5.41) is 5.57. The van der Waals surface area contributed by atoms with Gasteiger partial charge < -0.3 is 10.1 Å². The highest BCUT2D eigenvalue weighted by molar-refractivity contribution is 7.99. The van der Waals surface area contributed by atoms with E-state index < -0.39 is 10.0 Å². The number of hydrogen-bond donors (Lipinski definition) is 1. The molecule has 9 nitrogen and oxygen atoms in total. The Balaban J connectivity index is 1.39. The highest BCUT2D eigenvalue weighted by Gasteiger charge is 2.26. The normalized spacial score (nSPS) is 15.3. The number of sulfonamides is 1. The Kier molecular flexibility index (Phi) is 6.44. The Hall–Kier alpha value is -2.25. The maximum absolute atomic E-state index is 12.7. The Morgan fingerprint density at radius 1 is 1.23 bits per heavy atom. The Labute approximate surface area is 187 Å². The summed E-state index contributed by atoms with van der Waals surface area (Å²) in [6.45, 7) is 1.41. The molecule has 1 saturated heterocycles. The van der Waals surface area contributed by atoms with Gasteiger partial charge in [-0.05, 0) is 35.7 Å². The summed E-state index contributed by atoms with van der Waals surface area (Å²) in [6.07, 6.45) is 0. The first-order valence-electron chi connectivity index (χ1n) is 9.41. The molecule has 0 aliphatic carbocycles. The summed E-state index contributed by atoms with van der Waals surface area (Å²) in [7, 11) is -1.95. The average molecular weight is 481 g/mol. The number of nitrogens with zero attached hydrogens (tertiary/aromatic N) is 3. The fourth-order valence-corrected chi connectivity index (χ4v) is 6.07. The van der Waals surface area contributed by atoms with Crippen molar-refractivity contribution >= 4 is 54.9 Å². The molecule has 3 heterocycles. The largest absolute Gasteiger partial charge is 0.379 e. The Morgan fingerprint density at radius 2 is 1.94 bits per heavy atom. The quantitative estimate of drug-likeness (QED) is 0.423. The molecule has 1 aromatic carbocycles. The lowest BCUT2D eigenvalue weighted by Crippen LogP contribution is -2.40. The Morgan fingerprint density at radius 3 is 2.65 bits per heavy atom. The van der Waals surface area contributed by atoms with Crippen LogP contribution in [0.1, 0.15) is 0 Å². The van der Waals surface area contributed by atoms with Gasteiger partial charge >= 0.3 is 0 Å². The number of benzene rings is 1. The van der Waals surface area contributed by atoms with Crippen LogP contribution in [-0.2, 0) is 26.6 Å². The van der Waals surface area contributed by atoms with Crippen LogP contribution in [0.3, 0.4) is 0 Å². The molecule has 2 aromatic heterocycles. The monoisotopic (exact) mass is 480 g/mol. The maximum Gasteiger partial charge on any atom is 0.262 e. The predicted octanol–water partition coefficient (Wildman–Crippen LogP) is 1.75. The van der Waals surface area contributed by atoms with Crippen molar-refractivity contribution in [3.63, 3.8) is 0 Å². The van der Waals surface area contributed by atoms with Crippen LogP contribution in [0.2, 0.25) is 0 Å². The number of thiophene rings is 1. The molecular formula is C19H20N4O5S3. The van der Waals surface area contributed by atoms with Crippen molar-refractivity contribution < 1.29 is 17.9 Å². The number of anilines is 1. The van der Waals surface area contributed by atoms with Crippen molar-refractivity contribution in [3.8, 4) is 0 Å². The molecule has 3 aromatic rings. The molecule has 4 rings (SSSR count). The summed E-state index contributed by atoms with van der Waals surface area (Å²) in [6, 6.07) is 7.80. The second-order valence-electron chi connectivity index (χ2n) is 6.78. The molecule has 1 aliphatic rings. The lowest BCUT2D eigenvalue weighted by Gasteiger charge is -2.26. The average Bonchev–Trinajstić information content (AvgIpc) is 3.25. The summed E-state index contributed by atoms with van der Waals surface area (Å²) in [5.74, 6) is -0.223. The lowest BCUT2D eigenvalue weighted by atomic mass is 10.3. The van der Waals surface area contributed by atoms with Crippen molar-refractivity contribution in [3.05, 3.63) is 46.1 Å². The highest BCUT2D eigenvalue weighted by Crippen LogP contribution is 2.22. The zero-order chi connectivity index (χ0) is 22.0. The van der Waals surface area contributed by atoms with Gasteiger partial charge in [0, 0.05) is 25.8 Å². The third-order valence-corrected chi connectivity index (χ3v) is 8.49. The van der Waals surface area contributed by atoms with Crippen molar-refractivity contribution in [2.75, 3.05) is 37.4 Å². The van der Waals surface area contributed by atoms with Crippen molar-refractivity contribution in [2.45, 2.75) is 10.1 Å². The molecule has 1 amide bonds. The molecular weight excluding hydrogens is 460 g/mol. The third-order valence-electron chi connectivity index (χ3n) is 4.74. The van der Waals surface area contributed by atoms with Crippen LogP contribution in [0.4, 0.5) is 5.69 Å². The van der Waals surface area contributed by atoms with E-state index in [1.807, 2.05) is 5.38 Å². The molecule has 0 atom stereocenters. The van der Waals surface area contributed by atoms with E-state index in [2.05, 4.69) is 10.3 Å². The van der Waals surface area contributed by atoms with Crippen LogP contribution >= 0.6 is 23.1 Å². The second kappa shape index (κ2) is 9.09. The summed E-state index contributed by atoms with van der Waals surface area (Å²) in [4.78, 5) is 29.9. The number of aromatic nitrogens is 2. The van der Waals surface area contributed by atoms with Gasteiger partial charge in [-0.25, -0.2) is 13.4 Å². The maximum atomic E-state index is 12.7. The molecule has 1 aliphatic heterocycles. The first kappa shape index (κ1) is 22.0. The minimum absolute atomic E-state index is 0.0605. The number of carbonyl (C=O) groups is 1. The zero-order valence-electron chi connectivity index (χ0n) is 16.6. The SMILES string of the molecule is Cn1c(SCC(=O)Nc2ccc(S(=O)(=O)N3CCOCC3)cc2)nc2sccc2c1=O. The van der Waals surface area contributed by atoms with E-state index in [0.29, 0.717) is 47.4 Å². The number of ether oxygens (including phenoxy) is 1. The van der Waals surface area contributed by atoms with Gasteiger partial charge in [0.1, 0.15) is 4.83 Å². The molecule has 0 radical (unpaired) electrons. The van der Waals surface area contributed by atoms with Gasteiger partial charge in [0.05, 0.1) is 29.2 Å². The number of rotatable bonds is 6. The van der Waals surface area contributed by atoms with Gasteiger partial charge in [-0.15, -0.1) is 11.3 Å². The van der Waals surface area contributed by atoms with E-state index in [1.54, 1.807) is 25.2 Å². The van der Waals surface area contributed by atoms with Crippen molar-refractivity contribution in [1.29, 1.82) is 0 Å². The Bertz CT molecular complexity index is 1260. The molecule has 0 bridgehead atoms. The van der Waals surface area contributed by atoms with Gasteiger partial charge in [0.2, 0.25) is 15.9 Å². The minimum atomic E-state index is -3.58. The highest BCUT2D eigenvalue weighted by atomic mass is 32.2. The van der Waals surface area contributed by atoms with E-state index in [0.717, 1.165) is 0 Å².